The Morgan fingerprint density at radius 2 is 1.65 bits per heavy atom. The van der Waals surface area contributed by atoms with Crippen molar-refractivity contribution in [1.82, 2.24) is 15.0 Å². The lowest BCUT2D eigenvalue weighted by Crippen LogP contribution is -2.06. The minimum Gasteiger partial charge on any atom is -0.481 e. The van der Waals surface area contributed by atoms with Crippen LogP contribution < -0.4 is 5.32 Å². The first-order chi connectivity index (χ1) is 17.9. The van der Waals surface area contributed by atoms with Crippen molar-refractivity contribution in [2.24, 2.45) is 0 Å². The van der Waals surface area contributed by atoms with E-state index in [1.807, 2.05) is 36.4 Å². The molecule has 0 unspecified atom stereocenters. The van der Waals surface area contributed by atoms with E-state index in [1.54, 1.807) is 17.4 Å². The van der Waals surface area contributed by atoms with E-state index in [9.17, 15) is 9.18 Å². The fourth-order valence-corrected chi connectivity index (χ4v) is 5.17. The number of benzene rings is 3. The van der Waals surface area contributed by atoms with Gasteiger partial charge in [-0.05, 0) is 53.4 Å². The molecule has 186 valence electrons. The molecule has 2 N–H and O–H groups in total. The number of aliphatic carboxylic acids is 1. The summed E-state index contributed by atoms with van der Waals surface area (Å²) in [5.74, 6) is -1.29. The molecular formula is C29H25FN4O2S. The van der Waals surface area contributed by atoms with Crippen LogP contribution in [-0.2, 0) is 30.5 Å². The second-order valence-electron chi connectivity index (χ2n) is 8.79. The summed E-state index contributed by atoms with van der Waals surface area (Å²) in [4.78, 5) is 25.1. The van der Waals surface area contributed by atoms with Crippen molar-refractivity contribution in [2.45, 2.75) is 32.6 Å². The molecule has 0 radical (unpaired) electrons. The number of nitrogens with one attached hydrogen (secondary N) is 1. The number of fused-ring (bicyclic) bond motifs is 1. The summed E-state index contributed by atoms with van der Waals surface area (Å²) in [5, 5.41) is 12.9. The molecule has 0 amide bonds. The van der Waals surface area contributed by atoms with E-state index in [0.29, 0.717) is 18.4 Å². The maximum Gasteiger partial charge on any atom is 0.307 e. The van der Waals surface area contributed by atoms with Crippen LogP contribution in [0.1, 0.15) is 40.0 Å². The molecular weight excluding hydrogens is 487 g/mol. The highest BCUT2D eigenvalue weighted by Crippen LogP contribution is 2.26. The Morgan fingerprint density at radius 3 is 2.38 bits per heavy atom. The maximum absolute atomic E-state index is 14.7. The number of carboxylic acid groups (broad SMARTS) is 1. The molecule has 2 aromatic heterocycles. The predicted molar refractivity (Wildman–Crippen MR) is 144 cm³/mol. The minimum atomic E-state index is -1.01. The highest BCUT2D eigenvalue weighted by Gasteiger charge is 2.13. The molecule has 0 aliphatic heterocycles. The average molecular weight is 513 g/mol. The number of nitrogens with zero attached hydrogens (tertiary/aromatic N) is 3. The van der Waals surface area contributed by atoms with E-state index >= 15 is 0 Å². The van der Waals surface area contributed by atoms with Crippen molar-refractivity contribution in [2.75, 3.05) is 5.32 Å². The number of rotatable bonds is 9. The van der Waals surface area contributed by atoms with Gasteiger partial charge in [0.1, 0.15) is 5.82 Å². The molecule has 3 aromatic carbocycles. The molecule has 0 saturated carbocycles. The molecule has 5 rings (SSSR count). The number of anilines is 2. The Morgan fingerprint density at radius 1 is 0.892 bits per heavy atom. The van der Waals surface area contributed by atoms with Crippen molar-refractivity contribution in [1.29, 1.82) is 0 Å². The number of carboxylic acids is 1. The molecule has 5 aromatic rings. The summed E-state index contributed by atoms with van der Waals surface area (Å²) in [6.45, 7) is 2.13. The Labute approximate surface area is 217 Å². The lowest BCUT2D eigenvalue weighted by molar-refractivity contribution is -0.136. The molecule has 0 bridgehead atoms. The van der Waals surface area contributed by atoms with Gasteiger partial charge in [-0.1, -0.05) is 49.4 Å². The molecule has 37 heavy (non-hydrogen) atoms. The van der Waals surface area contributed by atoms with Gasteiger partial charge < -0.3 is 10.4 Å². The zero-order valence-electron chi connectivity index (χ0n) is 20.2. The SMILES string of the molecule is CCc1ccc2nc(Cc3cc(Cc4ccccc4)nc(Nc4ccc(CC(=O)O)cc4F)n3)sc2c1. The second kappa shape index (κ2) is 10.8. The van der Waals surface area contributed by atoms with E-state index in [2.05, 4.69) is 40.4 Å². The number of aromatic nitrogens is 3. The fourth-order valence-electron chi connectivity index (χ4n) is 4.13. The molecule has 0 spiro atoms. The third kappa shape index (κ3) is 6.16. The quantitative estimate of drug-likeness (QED) is 0.240. The Hall–Kier alpha value is -4.17. The fraction of sp³-hybridized carbons (Fsp3) is 0.172. The molecule has 0 saturated heterocycles. The summed E-state index contributed by atoms with van der Waals surface area (Å²) in [6.07, 6.45) is 1.86. The first-order valence-electron chi connectivity index (χ1n) is 12.0. The number of carbonyl (C=O) groups is 1. The third-order valence-electron chi connectivity index (χ3n) is 5.93. The van der Waals surface area contributed by atoms with Gasteiger partial charge in [-0.3, -0.25) is 4.79 Å². The van der Waals surface area contributed by atoms with Crippen LogP contribution in [0.4, 0.5) is 16.0 Å². The highest BCUT2D eigenvalue weighted by atomic mass is 32.1. The first kappa shape index (κ1) is 24.5. The summed E-state index contributed by atoms with van der Waals surface area (Å²) >= 11 is 1.65. The smallest absolute Gasteiger partial charge is 0.307 e. The number of hydrogen-bond acceptors (Lipinski definition) is 6. The van der Waals surface area contributed by atoms with Crippen LogP contribution in [0.5, 0.6) is 0 Å². The zero-order chi connectivity index (χ0) is 25.8. The Bertz CT molecular complexity index is 1570. The van der Waals surface area contributed by atoms with Gasteiger partial charge in [0.2, 0.25) is 5.95 Å². The molecule has 2 heterocycles. The predicted octanol–water partition coefficient (Wildman–Crippen LogP) is 6.34. The molecule has 0 fully saturated rings. The zero-order valence-corrected chi connectivity index (χ0v) is 21.1. The number of thiazole rings is 1. The molecule has 0 atom stereocenters. The third-order valence-corrected chi connectivity index (χ3v) is 6.95. The van der Waals surface area contributed by atoms with Crippen LogP contribution in [0.25, 0.3) is 10.2 Å². The minimum absolute atomic E-state index is 0.184. The lowest BCUT2D eigenvalue weighted by atomic mass is 10.1. The van der Waals surface area contributed by atoms with Crippen molar-refractivity contribution < 1.29 is 14.3 Å². The monoisotopic (exact) mass is 512 g/mol. The van der Waals surface area contributed by atoms with Crippen LogP contribution in [0.2, 0.25) is 0 Å². The Balaban J connectivity index is 1.46. The van der Waals surface area contributed by atoms with Crippen LogP contribution >= 0.6 is 11.3 Å². The summed E-state index contributed by atoms with van der Waals surface area (Å²) in [7, 11) is 0. The maximum atomic E-state index is 14.7. The van der Waals surface area contributed by atoms with Crippen molar-refractivity contribution >= 4 is 39.2 Å². The van der Waals surface area contributed by atoms with Gasteiger partial charge in [0.15, 0.2) is 0 Å². The largest absolute Gasteiger partial charge is 0.481 e. The summed E-state index contributed by atoms with van der Waals surface area (Å²) < 4.78 is 15.9. The van der Waals surface area contributed by atoms with Gasteiger partial charge in [-0.25, -0.2) is 19.3 Å². The molecule has 8 heteroatoms. The topological polar surface area (TPSA) is 88.0 Å². The van der Waals surface area contributed by atoms with Gasteiger partial charge in [0.25, 0.3) is 0 Å². The number of aryl methyl sites for hydroxylation is 1. The van der Waals surface area contributed by atoms with Crippen LogP contribution in [0.15, 0.2) is 72.8 Å². The standard InChI is InChI=1S/C29H25FN4O2S/c1-2-18-8-11-25-26(14-18)37-27(33-25)17-22-16-21(12-19-6-4-3-5-7-19)31-29(32-22)34-24-10-9-20(13-23(24)30)15-28(35)36/h3-11,13-14,16H,2,12,15,17H2,1H3,(H,35,36)(H,31,32,34). The van der Waals surface area contributed by atoms with Gasteiger partial charge in [-0.2, -0.15) is 0 Å². The number of halogens is 1. The van der Waals surface area contributed by atoms with Gasteiger partial charge in [0.05, 0.1) is 38.7 Å². The van der Waals surface area contributed by atoms with Crippen LogP contribution in [-0.4, -0.2) is 26.0 Å². The first-order valence-corrected chi connectivity index (χ1v) is 12.8. The van der Waals surface area contributed by atoms with Gasteiger partial charge >= 0.3 is 5.97 Å². The van der Waals surface area contributed by atoms with E-state index in [-0.39, 0.29) is 18.1 Å². The van der Waals surface area contributed by atoms with E-state index in [0.717, 1.165) is 38.6 Å². The van der Waals surface area contributed by atoms with Crippen molar-refractivity contribution in [3.8, 4) is 0 Å². The number of hydrogen-bond donors (Lipinski definition) is 2. The van der Waals surface area contributed by atoms with Crippen LogP contribution in [0.3, 0.4) is 0 Å². The van der Waals surface area contributed by atoms with Crippen molar-refractivity contribution in [3.63, 3.8) is 0 Å². The van der Waals surface area contributed by atoms with E-state index in [1.165, 1.54) is 17.7 Å². The van der Waals surface area contributed by atoms with E-state index < -0.39 is 11.8 Å². The van der Waals surface area contributed by atoms with E-state index in [4.69, 9.17) is 10.1 Å². The Kier molecular flexibility index (Phi) is 7.18. The summed E-state index contributed by atoms with van der Waals surface area (Å²) in [6, 6.07) is 22.6. The normalized spacial score (nSPS) is 11.1. The van der Waals surface area contributed by atoms with Crippen LogP contribution in [0, 0.1) is 5.82 Å². The van der Waals surface area contributed by atoms with Gasteiger partial charge in [0, 0.05) is 12.8 Å². The summed E-state index contributed by atoms with van der Waals surface area (Å²) in [5.41, 5.74) is 5.50. The van der Waals surface area contributed by atoms with Gasteiger partial charge in [-0.15, -0.1) is 11.3 Å². The molecule has 0 aliphatic carbocycles. The second-order valence-corrected chi connectivity index (χ2v) is 9.90. The molecule has 6 nitrogen and oxygen atoms in total. The lowest BCUT2D eigenvalue weighted by Gasteiger charge is -2.11. The molecule has 0 aliphatic rings. The van der Waals surface area contributed by atoms with Crippen molar-refractivity contribution in [3.05, 3.63) is 112 Å². The average Bonchev–Trinajstić information content (AvgIpc) is 3.27. The highest BCUT2D eigenvalue weighted by molar-refractivity contribution is 7.18.